The highest BCUT2D eigenvalue weighted by Crippen LogP contribution is 2.49. The predicted molar refractivity (Wildman–Crippen MR) is 146 cm³/mol. The van der Waals surface area contributed by atoms with Gasteiger partial charge in [-0.1, -0.05) is 18.2 Å². The van der Waals surface area contributed by atoms with Gasteiger partial charge >= 0.3 is 6.01 Å². The molecule has 0 radical (unpaired) electrons. The molecule has 3 atom stereocenters. The Morgan fingerprint density at radius 3 is 2.51 bits per heavy atom. The molecule has 1 N–H and O–H groups in total. The molecule has 5 heterocycles. The first kappa shape index (κ1) is 22.8. The third-order valence-electron chi connectivity index (χ3n) is 11.0. The number of anilines is 1. The fourth-order valence-electron chi connectivity index (χ4n) is 9.10. The van der Waals surface area contributed by atoms with E-state index >= 15 is 0 Å². The summed E-state index contributed by atoms with van der Waals surface area (Å²) in [5, 5.41) is 3.81. The molecule has 0 saturated carbocycles. The number of nitrogens with zero attached hydrogens (tertiary/aromatic N) is 4. The molecule has 6 aliphatic rings. The summed E-state index contributed by atoms with van der Waals surface area (Å²) in [6.07, 6.45) is 13.5. The first-order chi connectivity index (χ1) is 18.1. The molecular formula is C31H41N5O. The molecule has 37 heavy (non-hydrogen) atoms. The average molecular weight is 500 g/mol. The number of rotatable bonds is 4. The van der Waals surface area contributed by atoms with Crippen LogP contribution in [-0.2, 0) is 24.7 Å². The summed E-state index contributed by atoms with van der Waals surface area (Å²) in [5.41, 5.74) is 7.76. The summed E-state index contributed by atoms with van der Waals surface area (Å²) in [6, 6.07) is 8.78. The van der Waals surface area contributed by atoms with Crippen LogP contribution in [0.1, 0.15) is 79.3 Å². The summed E-state index contributed by atoms with van der Waals surface area (Å²) in [7, 11) is 0. The van der Waals surface area contributed by atoms with Gasteiger partial charge in [-0.3, -0.25) is 4.90 Å². The van der Waals surface area contributed by atoms with Gasteiger partial charge in [0.05, 0.1) is 11.2 Å². The van der Waals surface area contributed by atoms with E-state index in [-0.39, 0.29) is 11.0 Å². The van der Waals surface area contributed by atoms with E-state index in [2.05, 4.69) is 40.2 Å². The Labute approximate surface area is 221 Å². The van der Waals surface area contributed by atoms with Crippen LogP contribution in [0.4, 0.5) is 5.82 Å². The number of aromatic nitrogens is 2. The fraction of sp³-hybridized carbons (Fsp3) is 0.677. The molecule has 4 fully saturated rings. The van der Waals surface area contributed by atoms with E-state index in [9.17, 15) is 0 Å². The third kappa shape index (κ3) is 3.58. The highest BCUT2D eigenvalue weighted by atomic mass is 16.5. The molecule has 1 aromatic heterocycles. The molecule has 1 aromatic carbocycles. The van der Waals surface area contributed by atoms with E-state index in [1.807, 2.05) is 0 Å². The summed E-state index contributed by atoms with van der Waals surface area (Å²) in [4.78, 5) is 15.7. The van der Waals surface area contributed by atoms with E-state index in [0.29, 0.717) is 18.1 Å². The Balaban J connectivity index is 1.15. The first-order valence-corrected chi connectivity index (χ1v) is 15.0. The molecule has 2 bridgehead atoms. The molecule has 196 valence electrons. The Morgan fingerprint density at radius 1 is 0.973 bits per heavy atom. The van der Waals surface area contributed by atoms with Crippen molar-refractivity contribution < 1.29 is 4.74 Å². The van der Waals surface area contributed by atoms with Crippen LogP contribution in [0, 0.1) is 6.92 Å². The second kappa shape index (κ2) is 8.41. The Hall–Kier alpha value is -2.18. The Bertz CT molecular complexity index is 1210. The fourth-order valence-corrected chi connectivity index (χ4v) is 9.10. The van der Waals surface area contributed by atoms with Crippen LogP contribution < -0.4 is 15.0 Å². The van der Waals surface area contributed by atoms with Crippen molar-refractivity contribution in [3.8, 4) is 6.01 Å². The smallest absolute Gasteiger partial charge is 0.318 e. The van der Waals surface area contributed by atoms with Crippen LogP contribution in [-0.4, -0.2) is 65.3 Å². The van der Waals surface area contributed by atoms with Crippen molar-refractivity contribution >= 4 is 5.82 Å². The molecule has 2 aliphatic carbocycles. The van der Waals surface area contributed by atoms with Crippen molar-refractivity contribution in [2.24, 2.45) is 0 Å². The lowest BCUT2D eigenvalue weighted by molar-refractivity contribution is 0.107. The highest BCUT2D eigenvalue weighted by Gasteiger charge is 2.46. The van der Waals surface area contributed by atoms with Crippen LogP contribution in [0.25, 0.3) is 0 Å². The number of ether oxygens (including phenoxy) is 1. The van der Waals surface area contributed by atoms with Crippen molar-refractivity contribution in [1.29, 1.82) is 0 Å². The summed E-state index contributed by atoms with van der Waals surface area (Å²) in [6.45, 7) is 7.60. The maximum absolute atomic E-state index is 6.59. The van der Waals surface area contributed by atoms with Crippen molar-refractivity contribution in [2.45, 2.75) is 101 Å². The van der Waals surface area contributed by atoms with Gasteiger partial charge in [0.1, 0.15) is 12.4 Å². The molecule has 0 amide bonds. The van der Waals surface area contributed by atoms with E-state index in [1.54, 1.807) is 11.1 Å². The number of nitrogens with one attached hydrogen (secondary N) is 1. The van der Waals surface area contributed by atoms with Gasteiger partial charge in [-0.15, -0.1) is 0 Å². The average Bonchev–Trinajstić information content (AvgIpc) is 3.66. The minimum atomic E-state index is 0.219. The van der Waals surface area contributed by atoms with Gasteiger partial charge in [-0.25, -0.2) is 0 Å². The van der Waals surface area contributed by atoms with Crippen molar-refractivity contribution in [2.75, 3.05) is 37.7 Å². The summed E-state index contributed by atoms with van der Waals surface area (Å²) in [5.74, 6) is 1.18. The molecule has 4 saturated heterocycles. The van der Waals surface area contributed by atoms with Crippen LogP contribution in [0.5, 0.6) is 6.01 Å². The second-order valence-electron chi connectivity index (χ2n) is 13.1. The standard InChI is InChI=1S/C31H41N5O/c1-21-5-2-6-26-24(21)9-13-30(26)14-10-25-27(17-30)33-29(37-20-31-11-3-15-36(31)16-4-12-31)34-28(25)35-18-22-7-8-23(19-35)32-22/h2,5-6,22-23,32H,3-4,7-20H2,1H3/t22-,23+,30?. The van der Waals surface area contributed by atoms with Gasteiger partial charge in [0.25, 0.3) is 0 Å². The lowest BCUT2D eigenvalue weighted by atomic mass is 9.69. The molecule has 6 nitrogen and oxygen atoms in total. The molecule has 2 aromatic rings. The first-order valence-electron chi connectivity index (χ1n) is 15.0. The number of benzene rings is 1. The number of piperazine rings is 1. The Morgan fingerprint density at radius 2 is 1.73 bits per heavy atom. The quantitative estimate of drug-likeness (QED) is 0.684. The molecule has 8 rings (SSSR count). The number of fused-ring (bicyclic) bond motifs is 6. The lowest BCUT2D eigenvalue weighted by Crippen LogP contribution is -2.52. The largest absolute Gasteiger partial charge is 0.461 e. The molecule has 1 unspecified atom stereocenters. The van der Waals surface area contributed by atoms with E-state index < -0.39 is 0 Å². The zero-order valence-electron chi connectivity index (χ0n) is 22.4. The monoisotopic (exact) mass is 499 g/mol. The van der Waals surface area contributed by atoms with Crippen LogP contribution in [0.2, 0.25) is 0 Å². The van der Waals surface area contributed by atoms with Crippen molar-refractivity contribution in [3.63, 3.8) is 0 Å². The normalized spacial score (nSPS) is 31.5. The Kier molecular flexibility index (Phi) is 5.18. The molecule has 6 heteroatoms. The van der Waals surface area contributed by atoms with E-state index in [0.717, 1.165) is 32.5 Å². The SMILES string of the molecule is Cc1cccc2c1CCC21CCc2c(nc(OCC34CCCN3CCC4)nc2N2C[C@H]3CC[C@@H](C2)N3)C1. The van der Waals surface area contributed by atoms with Gasteiger partial charge in [0.2, 0.25) is 0 Å². The van der Waals surface area contributed by atoms with Gasteiger partial charge in [-0.2, -0.15) is 9.97 Å². The zero-order valence-corrected chi connectivity index (χ0v) is 22.4. The van der Waals surface area contributed by atoms with Crippen LogP contribution in [0.3, 0.4) is 0 Å². The highest BCUT2D eigenvalue weighted by molar-refractivity contribution is 5.55. The molecule has 1 spiro atoms. The van der Waals surface area contributed by atoms with Crippen LogP contribution in [0.15, 0.2) is 18.2 Å². The topological polar surface area (TPSA) is 53.5 Å². The maximum Gasteiger partial charge on any atom is 0.318 e. The predicted octanol–water partition coefficient (Wildman–Crippen LogP) is 4.11. The maximum atomic E-state index is 6.59. The van der Waals surface area contributed by atoms with Gasteiger partial charge < -0.3 is 15.0 Å². The second-order valence-corrected chi connectivity index (χ2v) is 13.1. The van der Waals surface area contributed by atoms with E-state index in [4.69, 9.17) is 14.7 Å². The van der Waals surface area contributed by atoms with E-state index in [1.165, 1.54) is 93.5 Å². The lowest BCUT2D eigenvalue weighted by Gasteiger charge is -2.39. The zero-order chi connectivity index (χ0) is 24.6. The van der Waals surface area contributed by atoms with Gasteiger partial charge in [-0.05, 0) is 107 Å². The van der Waals surface area contributed by atoms with Gasteiger partial charge in [0.15, 0.2) is 0 Å². The number of aryl methyl sites for hydroxylation is 1. The summed E-state index contributed by atoms with van der Waals surface area (Å²) < 4.78 is 6.59. The minimum absolute atomic E-state index is 0.219. The number of hydrogen-bond acceptors (Lipinski definition) is 6. The van der Waals surface area contributed by atoms with Gasteiger partial charge in [0, 0.05) is 36.2 Å². The third-order valence-corrected chi connectivity index (χ3v) is 11.0. The molecule has 4 aliphatic heterocycles. The van der Waals surface area contributed by atoms with Crippen LogP contribution >= 0.6 is 0 Å². The van der Waals surface area contributed by atoms with Crippen molar-refractivity contribution in [1.82, 2.24) is 20.2 Å². The minimum Gasteiger partial charge on any atom is -0.461 e. The summed E-state index contributed by atoms with van der Waals surface area (Å²) >= 11 is 0. The van der Waals surface area contributed by atoms with Crippen molar-refractivity contribution in [3.05, 3.63) is 46.1 Å². The number of hydrogen-bond donors (Lipinski definition) is 1. The molecular weight excluding hydrogens is 458 g/mol.